The zero-order chi connectivity index (χ0) is 14.8. The van der Waals surface area contributed by atoms with Crippen LogP contribution in [0.5, 0.6) is 0 Å². The smallest absolute Gasteiger partial charge is 0.215 e. The van der Waals surface area contributed by atoms with Crippen LogP contribution in [0.25, 0.3) is 0 Å². The molecule has 1 aromatic carbocycles. The lowest BCUT2D eigenvalue weighted by molar-refractivity contribution is 0.330. The summed E-state index contributed by atoms with van der Waals surface area (Å²) < 4.78 is 26.6. The molecule has 1 N–H and O–H groups in total. The molecule has 0 aromatic heterocycles. The van der Waals surface area contributed by atoms with Crippen molar-refractivity contribution in [1.82, 2.24) is 9.62 Å². The maximum Gasteiger partial charge on any atom is 0.215 e. The molecule has 0 spiro atoms. The third-order valence-electron chi connectivity index (χ3n) is 4.12. The monoisotopic (exact) mass is 296 g/mol. The summed E-state index contributed by atoms with van der Waals surface area (Å²) in [6.07, 6.45) is 0.722. The second-order valence-electron chi connectivity index (χ2n) is 5.55. The van der Waals surface area contributed by atoms with E-state index in [1.165, 1.54) is 16.7 Å². The highest BCUT2D eigenvalue weighted by Gasteiger charge is 2.32. The molecule has 1 aromatic rings. The maximum atomic E-state index is 12.0. The molecule has 2 rings (SSSR count). The lowest BCUT2D eigenvalue weighted by atomic mass is 10.0. The van der Waals surface area contributed by atoms with E-state index < -0.39 is 10.0 Å². The minimum absolute atomic E-state index is 0.271. The van der Waals surface area contributed by atoms with E-state index in [2.05, 4.69) is 41.7 Å². The minimum Gasteiger partial charge on any atom is -0.298 e. The van der Waals surface area contributed by atoms with Crippen molar-refractivity contribution in [1.29, 1.82) is 0 Å². The number of nitrogens with zero attached hydrogens (tertiary/aromatic N) is 1. The number of aryl methyl sites for hydroxylation is 1. The molecule has 112 valence electrons. The van der Waals surface area contributed by atoms with Gasteiger partial charge in [-0.05, 0) is 43.5 Å². The first-order chi connectivity index (χ1) is 9.44. The third-order valence-corrected chi connectivity index (χ3v) is 6.08. The Labute approximate surface area is 122 Å². The molecule has 1 fully saturated rings. The lowest BCUT2D eigenvalue weighted by Gasteiger charge is -2.18. The van der Waals surface area contributed by atoms with Gasteiger partial charge in [0, 0.05) is 19.6 Å². The Morgan fingerprint density at radius 1 is 1.35 bits per heavy atom. The van der Waals surface area contributed by atoms with Gasteiger partial charge in [-0.1, -0.05) is 25.1 Å². The van der Waals surface area contributed by atoms with Crippen LogP contribution in [-0.4, -0.2) is 38.2 Å². The molecule has 0 aliphatic carbocycles. The number of hydrogen-bond acceptors (Lipinski definition) is 3. The summed E-state index contributed by atoms with van der Waals surface area (Å²) in [5.41, 5.74) is 3.90. The van der Waals surface area contributed by atoms with Gasteiger partial charge in [-0.25, -0.2) is 13.1 Å². The van der Waals surface area contributed by atoms with Gasteiger partial charge in [0.1, 0.15) is 0 Å². The van der Waals surface area contributed by atoms with Gasteiger partial charge < -0.3 is 0 Å². The van der Waals surface area contributed by atoms with Crippen LogP contribution in [0.4, 0.5) is 0 Å². The molecule has 0 radical (unpaired) electrons. The fourth-order valence-corrected chi connectivity index (χ4v) is 4.20. The number of hydrogen-bond donors (Lipinski definition) is 1. The van der Waals surface area contributed by atoms with Crippen molar-refractivity contribution in [3.63, 3.8) is 0 Å². The summed E-state index contributed by atoms with van der Waals surface area (Å²) >= 11 is 0. The zero-order valence-corrected chi connectivity index (χ0v) is 13.3. The molecule has 1 aliphatic rings. The van der Waals surface area contributed by atoms with Crippen molar-refractivity contribution in [2.75, 3.05) is 19.6 Å². The molecule has 0 saturated carbocycles. The molecule has 1 aliphatic heterocycles. The van der Waals surface area contributed by atoms with Gasteiger partial charge in [0.15, 0.2) is 0 Å². The molecule has 1 atom stereocenters. The van der Waals surface area contributed by atoms with E-state index in [-0.39, 0.29) is 5.25 Å². The van der Waals surface area contributed by atoms with Gasteiger partial charge in [0.2, 0.25) is 10.0 Å². The summed E-state index contributed by atoms with van der Waals surface area (Å²) in [5.74, 6) is 0. The van der Waals surface area contributed by atoms with Crippen molar-refractivity contribution in [2.45, 2.75) is 39.0 Å². The minimum atomic E-state index is -3.15. The van der Waals surface area contributed by atoms with Crippen LogP contribution >= 0.6 is 0 Å². The average molecular weight is 296 g/mol. The summed E-state index contributed by atoms with van der Waals surface area (Å²) in [6.45, 7) is 8.85. The number of likely N-dealkylation sites (tertiary alicyclic amines) is 1. The molecule has 5 heteroatoms. The van der Waals surface area contributed by atoms with Gasteiger partial charge >= 0.3 is 0 Å². The number of sulfonamides is 1. The molecule has 0 amide bonds. The number of benzene rings is 1. The van der Waals surface area contributed by atoms with Crippen LogP contribution in [0.15, 0.2) is 18.2 Å². The highest BCUT2D eigenvalue weighted by atomic mass is 32.2. The van der Waals surface area contributed by atoms with Gasteiger partial charge in [0.25, 0.3) is 0 Å². The Morgan fingerprint density at radius 3 is 2.80 bits per heavy atom. The van der Waals surface area contributed by atoms with Crippen LogP contribution in [0.2, 0.25) is 0 Å². The number of rotatable bonds is 5. The first kappa shape index (κ1) is 15.5. The Bertz CT molecular complexity index is 569. The summed E-state index contributed by atoms with van der Waals surface area (Å²) in [6, 6.07) is 6.32. The van der Waals surface area contributed by atoms with Crippen molar-refractivity contribution in [3.8, 4) is 0 Å². The van der Waals surface area contributed by atoms with Crippen molar-refractivity contribution >= 4 is 10.0 Å². The maximum absolute atomic E-state index is 12.0. The Morgan fingerprint density at radius 2 is 2.10 bits per heavy atom. The van der Waals surface area contributed by atoms with Crippen molar-refractivity contribution in [2.24, 2.45) is 0 Å². The summed E-state index contributed by atoms with van der Waals surface area (Å²) in [5, 5.41) is -0.271. The Kier molecular flexibility index (Phi) is 4.83. The molecular formula is C15H24N2O2S. The van der Waals surface area contributed by atoms with Crippen molar-refractivity contribution < 1.29 is 8.42 Å². The van der Waals surface area contributed by atoms with Gasteiger partial charge in [-0.3, -0.25) is 4.90 Å². The van der Waals surface area contributed by atoms with E-state index in [1.54, 1.807) is 0 Å². The third kappa shape index (κ3) is 3.40. The molecule has 1 heterocycles. The average Bonchev–Trinajstić information content (AvgIpc) is 2.84. The van der Waals surface area contributed by atoms with E-state index in [0.29, 0.717) is 13.1 Å². The largest absolute Gasteiger partial charge is 0.298 e. The predicted molar refractivity (Wildman–Crippen MR) is 82.2 cm³/mol. The van der Waals surface area contributed by atoms with E-state index in [9.17, 15) is 8.42 Å². The van der Waals surface area contributed by atoms with Crippen LogP contribution in [0.1, 0.15) is 30.0 Å². The summed E-state index contributed by atoms with van der Waals surface area (Å²) in [7, 11) is -3.15. The highest BCUT2D eigenvalue weighted by Crippen LogP contribution is 2.21. The fraction of sp³-hybridized carbons (Fsp3) is 0.600. The predicted octanol–water partition coefficient (Wildman–Crippen LogP) is 1.82. The molecule has 1 unspecified atom stereocenters. The van der Waals surface area contributed by atoms with Gasteiger partial charge in [-0.15, -0.1) is 0 Å². The first-order valence-electron chi connectivity index (χ1n) is 7.20. The zero-order valence-electron chi connectivity index (χ0n) is 12.5. The van der Waals surface area contributed by atoms with Gasteiger partial charge in [-0.2, -0.15) is 0 Å². The Hall–Kier alpha value is -0.910. The second-order valence-corrected chi connectivity index (χ2v) is 7.59. The number of nitrogens with one attached hydrogen (secondary N) is 1. The van der Waals surface area contributed by atoms with Crippen LogP contribution in [0, 0.1) is 13.8 Å². The fourth-order valence-electron chi connectivity index (χ4n) is 2.74. The molecule has 20 heavy (non-hydrogen) atoms. The van der Waals surface area contributed by atoms with Gasteiger partial charge in [0.05, 0.1) is 5.25 Å². The Balaban J connectivity index is 2.02. The standard InChI is InChI=1S/C15H24N2O2S/c1-4-16-20(18,19)15-8-9-17(11-15)10-14-7-5-6-12(2)13(14)3/h5-7,15-16H,4,8-11H2,1-3H3. The van der Waals surface area contributed by atoms with E-state index in [1.807, 2.05) is 6.92 Å². The molecular weight excluding hydrogens is 272 g/mol. The van der Waals surface area contributed by atoms with Crippen LogP contribution in [0.3, 0.4) is 0 Å². The van der Waals surface area contributed by atoms with Crippen LogP contribution in [-0.2, 0) is 16.6 Å². The molecule has 1 saturated heterocycles. The normalized spacial score (nSPS) is 20.4. The topological polar surface area (TPSA) is 49.4 Å². The quantitative estimate of drug-likeness (QED) is 0.901. The second kappa shape index (κ2) is 6.24. The SMILES string of the molecule is CCNS(=O)(=O)C1CCN(Cc2cccc(C)c2C)C1. The van der Waals surface area contributed by atoms with E-state index in [0.717, 1.165) is 19.5 Å². The van der Waals surface area contributed by atoms with E-state index >= 15 is 0 Å². The molecule has 4 nitrogen and oxygen atoms in total. The van der Waals surface area contributed by atoms with Crippen molar-refractivity contribution in [3.05, 3.63) is 34.9 Å². The van der Waals surface area contributed by atoms with Crippen LogP contribution < -0.4 is 4.72 Å². The lowest BCUT2D eigenvalue weighted by Crippen LogP contribution is -2.36. The molecule has 0 bridgehead atoms. The van der Waals surface area contributed by atoms with E-state index in [4.69, 9.17) is 0 Å². The summed E-state index contributed by atoms with van der Waals surface area (Å²) in [4.78, 5) is 2.24. The highest BCUT2D eigenvalue weighted by molar-refractivity contribution is 7.90. The first-order valence-corrected chi connectivity index (χ1v) is 8.74.